The predicted octanol–water partition coefficient (Wildman–Crippen LogP) is -0.947. The van der Waals surface area contributed by atoms with Gasteiger partial charge >= 0.3 is 0 Å². The second-order valence-corrected chi connectivity index (χ2v) is 3.86. The van der Waals surface area contributed by atoms with Crippen LogP contribution in [0, 0.1) is 0 Å². The molecule has 1 unspecified atom stereocenters. The van der Waals surface area contributed by atoms with E-state index in [1.807, 2.05) is 35.8 Å². The summed E-state index contributed by atoms with van der Waals surface area (Å²) in [4.78, 5) is 23.0. The van der Waals surface area contributed by atoms with Gasteiger partial charge in [-0.25, -0.2) is 5.84 Å². The molecule has 6 N–H and O–H groups in total. The minimum atomic E-state index is -0.684. The third-order valence-corrected chi connectivity index (χ3v) is 2.45. The molecule has 0 aliphatic carbocycles. The van der Waals surface area contributed by atoms with Crippen molar-refractivity contribution in [3.63, 3.8) is 0 Å². The Kier molecular flexibility index (Phi) is 5.83. The molecule has 0 aliphatic heterocycles. The Balaban J connectivity index is 2.67. The van der Waals surface area contributed by atoms with Gasteiger partial charge in [-0.05, 0) is 5.56 Å². The van der Waals surface area contributed by atoms with Crippen molar-refractivity contribution in [1.29, 1.82) is 0 Å². The first-order chi connectivity index (χ1) is 8.67. The highest BCUT2D eigenvalue weighted by Gasteiger charge is 2.19. The molecule has 0 spiro atoms. The van der Waals surface area contributed by atoms with Crippen molar-refractivity contribution in [3.8, 4) is 0 Å². The van der Waals surface area contributed by atoms with Crippen LogP contribution in [0.15, 0.2) is 30.3 Å². The molecule has 0 aromatic heterocycles. The lowest BCUT2D eigenvalue weighted by atomic mass is 10.1. The highest BCUT2D eigenvalue weighted by atomic mass is 16.2. The SMILES string of the molecule is NCCC(=O)NC(Cc1ccccc1)C(=O)NN. The van der Waals surface area contributed by atoms with Gasteiger partial charge in [0.25, 0.3) is 5.91 Å². The summed E-state index contributed by atoms with van der Waals surface area (Å²) in [5.41, 5.74) is 8.27. The van der Waals surface area contributed by atoms with Crippen molar-refractivity contribution in [2.45, 2.75) is 18.9 Å². The highest BCUT2D eigenvalue weighted by molar-refractivity contribution is 5.87. The van der Waals surface area contributed by atoms with Gasteiger partial charge in [0.05, 0.1) is 0 Å². The van der Waals surface area contributed by atoms with Crippen LogP contribution in [0.4, 0.5) is 0 Å². The fraction of sp³-hybridized carbons (Fsp3) is 0.333. The first kappa shape index (κ1) is 14.1. The molecule has 1 atom stereocenters. The van der Waals surface area contributed by atoms with Crippen LogP contribution < -0.4 is 22.3 Å². The van der Waals surface area contributed by atoms with Gasteiger partial charge < -0.3 is 11.1 Å². The summed E-state index contributed by atoms with van der Waals surface area (Å²) in [6.45, 7) is 0.244. The topological polar surface area (TPSA) is 110 Å². The van der Waals surface area contributed by atoms with Gasteiger partial charge in [0.2, 0.25) is 5.91 Å². The number of carbonyl (C=O) groups is 2. The van der Waals surface area contributed by atoms with Crippen LogP contribution in [-0.2, 0) is 16.0 Å². The van der Waals surface area contributed by atoms with E-state index in [0.717, 1.165) is 5.56 Å². The van der Waals surface area contributed by atoms with E-state index in [4.69, 9.17) is 11.6 Å². The summed E-state index contributed by atoms with van der Waals surface area (Å²) in [7, 11) is 0. The third-order valence-electron chi connectivity index (χ3n) is 2.45. The molecule has 1 rings (SSSR count). The van der Waals surface area contributed by atoms with E-state index in [1.54, 1.807) is 0 Å². The van der Waals surface area contributed by atoms with Gasteiger partial charge in [0.15, 0.2) is 0 Å². The molecular formula is C12H18N4O2. The number of nitrogens with one attached hydrogen (secondary N) is 2. The Labute approximate surface area is 106 Å². The summed E-state index contributed by atoms with van der Waals surface area (Å²) in [6.07, 6.45) is 0.573. The average molecular weight is 250 g/mol. The number of nitrogens with two attached hydrogens (primary N) is 2. The van der Waals surface area contributed by atoms with E-state index in [0.29, 0.717) is 6.42 Å². The van der Waals surface area contributed by atoms with Crippen LogP contribution >= 0.6 is 0 Å². The standard InChI is InChI=1S/C12H18N4O2/c13-7-6-11(17)15-10(12(18)16-14)8-9-4-2-1-3-5-9/h1-5,10H,6-8,13-14H2,(H,15,17)(H,16,18). The van der Waals surface area contributed by atoms with Crippen LogP contribution in [0.3, 0.4) is 0 Å². The number of hydrogen-bond acceptors (Lipinski definition) is 4. The van der Waals surface area contributed by atoms with Gasteiger partial charge in [-0.1, -0.05) is 30.3 Å². The second-order valence-electron chi connectivity index (χ2n) is 3.86. The van der Waals surface area contributed by atoms with Crippen LogP contribution in [0.5, 0.6) is 0 Å². The maximum atomic E-state index is 11.6. The Hall–Kier alpha value is -1.92. The van der Waals surface area contributed by atoms with E-state index in [2.05, 4.69) is 5.32 Å². The molecule has 0 heterocycles. The predicted molar refractivity (Wildman–Crippen MR) is 68.1 cm³/mol. The van der Waals surface area contributed by atoms with Gasteiger partial charge in [-0.2, -0.15) is 0 Å². The van der Waals surface area contributed by atoms with Crippen molar-refractivity contribution in [3.05, 3.63) is 35.9 Å². The molecule has 2 amide bonds. The van der Waals surface area contributed by atoms with Crippen molar-refractivity contribution in [1.82, 2.24) is 10.7 Å². The molecule has 6 heteroatoms. The van der Waals surface area contributed by atoms with Gasteiger partial charge in [-0.15, -0.1) is 0 Å². The molecule has 18 heavy (non-hydrogen) atoms. The monoisotopic (exact) mass is 250 g/mol. The smallest absolute Gasteiger partial charge is 0.256 e. The Morgan fingerprint density at radius 1 is 1.22 bits per heavy atom. The summed E-state index contributed by atoms with van der Waals surface area (Å²) in [5.74, 6) is 4.41. The molecule has 0 fully saturated rings. The largest absolute Gasteiger partial charge is 0.344 e. The first-order valence-corrected chi connectivity index (χ1v) is 5.71. The molecule has 98 valence electrons. The fourth-order valence-electron chi connectivity index (χ4n) is 1.56. The number of benzene rings is 1. The molecular weight excluding hydrogens is 232 g/mol. The lowest BCUT2D eigenvalue weighted by Gasteiger charge is -2.17. The number of amides is 2. The van der Waals surface area contributed by atoms with Crippen molar-refractivity contribution < 1.29 is 9.59 Å². The van der Waals surface area contributed by atoms with Gasteiger partial charge in [-0.3, -0.25) is 15.0 Å². The van der Waals surface area contributed by atoms with E-state index >= 15 is 0 Å². The van der Waals surface area contributed by atoms with Crippen LogP contribution in [0.1, 0.15) is 12.0 Å². The summed E-state index contributed by atoms with van der Waals surface area (Å²) >= 11 is 0. The summed E-state index contributed by atoms with van der Waals surface area (Å²) < 4.78 is 0. The molecule has 0 aliphatic rings. The molecule has 0 saturated heterocycles. The van der Waals surface area contributed by atoms with E-state index in [-0.39, 0.29) is 18.9 Å². The zero-order chi connectivity index (χ0) is 13.4. The fourth-order valence-corrected chi connectivity index (χ4v) is 1.56. The van der Waals surface area contributed by atoms with Crippen molar-refractivity contribution in [2.24, 2.45) is 11.6 Å². The van der Waals surface area contributed by atoms with Crippen LogP contribution in [-0.4, -0.2) is 24.4 Å². The minimum absolute atomic E-state index is 0.184. The Bertz CT molecular complexity index is 394. The number of rotatable bonds is 6. The lowest BCUT2D eigenvalue weighted by molar-refractivity contribution is -0.128. The summed E-state index contributed by atoms with van der Waals surface area (Å²) in [5, 5.41) is 2.61. The van der Waals surface area contributed by atoms with E-state index < -0.39 is 11.9 Å². The van der Waals surface area contributed by atoms with Gasteiger partial charge in [0.1, 0.15) is 6.04 Å². The molecule has 0 radical (unpaired) electrons. The highest BCUT2D eigenvalue weighted by Crippen LogP contribution is 2.03. The van der Waals surface area contributed by atoms with Crippen molar-refractivity contribution in [2.75, 3.05) is 6.54 Å². The second kappa shape index (κ2) is 7.41. The molecule has 0 saturated carbocycles. The van der Waals surface area contributed by atoms with E-state index in [1.165, 1.54) is 0 Å². The Morgan fingerprint density at radius 2 is 1.89 bits per heavy atom. The number of hydrogen-bond donors (Lipinski definition) is 4. The van der Waals surface area contributed by atoms with E-state index in [9.17, 15) is 9.59 Å². The lowest BCUT2D eigenvalue weighted by Crippen LogP contribution is -2.50. The molecule has 6 nitrogen and oxygen atoms in total. The zero-order valence-electron chi connectivity index (χ0n) is 10.1. The minimum Gasteiger partial charge on any atom is -0.344 e. The summed E-state index contributed by atoms with van der Waals surface area (Å²) in [6, 6.07) is 8.70. The normalized spacial score (nSPS) is 11.7. The average Bonchev–Trinajstić information content (AvgIpc) is 2.38. The maximum absolute atomic E-state index is 11.6. The van der Waals surface area contributed by atoms with Gasteiger partial charge in [0, 0.05) is 19.4 Å². The van der Waals surface area contributed by atoms with Crippen LogP contribution in [0.25, 0.3) is 0 Å². The van der Waals surface area contributed by atoms with Crippen molar-refractivity contribution >= 4 is 11.8 Å². The Morgan fingerprint density at radius 3 is 2.44 bits per heavy atom. The maximum Gasteiger partial charge on any atom is 0.256 e. The quantitative estimate of drug-likeness (QED) is 0.296. The molecule has 1 aromatic rings. The number of hydrazine groups is 1. The number of carbonyl (C=O) groups excluding carboxylic acids is 2. The molecule has 1 aromatic carbocycles. The zero-order valence-corrected chi connectivity index (χ0v) is 10.1. The van der Waals surface area contributed by atoms with Crippen LogP contribution in [0.2, 0.25) is 0 Å². The third kappa shape index (κ3) is 4.52. The first-order valence-electron chi connectivity index (χ1n) is 5.71. The molecule has 0 bridgehead atoms.